The average molecular weight is 329 g/mol. The summed E-state index contributed by atoms with van der Waals surface area (Å²) in [4.78, 5) is 12.2. The van der Waals surface area contributed by atoms with Gasteiger partial charge in [-0.05, 0) is 32.3 Å². The van der Waals surface area contributed by atoms with Crippen molar-refractivity contribution in [2.75, 3.05) is 18.5 Å². The molecule has 1 aliphatic rings. The summed E-state index contributed by atoms with van der Waals surface area (Å²) < 4.78 is 11.1. The lowest BCUT2D eigenvalue weighted by Gasteiger charge is -2.15. The van der Waals surface area contributed by atoms with Crippen molar-refractivity contribution >= 4 is 11.7 Å². The summed E-state index contributed by atoms with van der Waals surface area (Å²) in [7, 11) is 0. The van der Waals surface area contributed by atoms with Gasteiger partial charge in [-0.1, -0.05) is 24.3 Å². The molecule has 3 rings (SSSR count). The molecule has 1 amide bonds. The molecule has 2 atom stereocenters. The highest BCUT2D eigenvalue weighted by molar-refractivity contribution is 5.93. The second-order valence-corrected chi connectivity index (χ2v) is 6.08. The number of aromatic amines is 1. The number of nitrogens with one attached hydrogen (secondary N) is 2. The Bertz CT molecular complexity index is 692. The molecular formula is C18H23N3O3. The number of aromatic nitrogens is 2. The third-order valence-corrected chi connectivity index (χ3v) is 4.19. The van der Waals surface area contributed by atoms with Crippen LogP contribution in [0.25, 0.3) is 11.3 Å². The van der Waals surface area contributed by atoms with Gasteiger partial charge >= 0.3 is 0 Å². The van der Waals surface area contributed by atoms with Crippen LogP contribution >= 0.6 is 0 Å². The molecule has 1 aromatic carbocycles. The van der Waals surface area contributed by atoms with E-state index in [-0.39, 0.29) is 12.0 Å². The number of amides is 1. The zero-order chi connectivity index (χ0) is 16.9. The Balaban J connectivity index is 1.55. The van der Waals surface area contributed by atoms with Gasteiger partial charge in [0.25, 0.3) is 5.91 Å². The number of carbonyl (C=O) groups is 1. The monoisotopic (exact) mass is 329 g/mol. The molecule has 1 saturated heterocycles. The van der Waals surface area contributed by atoms with Crippen LogP contribution in [0.3, 0.4) is 0 Å². The maximum Gasteiger partial charge on any atom is 0.254 e. The number of aryl methyl sites for hydroxylation is 1. The van der Waals surface area contributed by atoms with Crippen LogP contribution in [-0.4, -0.2) is 41.5 Å². The van der Waals surface area contributed by atoms with Crippen molar-refractivity contribution in [2.24, 2.45) is 0 Å². The molecule has 128 valence electrons. The number of ether oxygens (including phenoxy) is 2. The third kappa shape index (κ3) is 4.01. The topological polar surface area (TPSA) is 76.2 Å². The normalized spacial score (nSPS) is 18.5. The maximum absolute atomic E-state index is 12.2. The Morgan fingerprint density at radius 2 is 2.33 bits per heavy atom. The van der Waals surface area contributed by atoms with Crippen molar-refractivity contribution in [1.29, 1.82) is 0 Å². The number of anilines is 1. The van der Waals surface area contributed by atoms with Gasteiger partial charge in [0.15, 0.2) is 5.82 Å². The molecular weight excluding hydrogens is 306 g/mol. The highest BCUT2D eigenvalue weighted by atomic mass is 16.5. The van der Waals surface area contributed by atoms with E-state index >= 15 is 0 Å². The SMILES string of the molecule is Cc1ccccc1-c1cc(NC(=O)[C@@H](C)OC[C@H]2CCCO2)n[nH]1. The van der Waals surface area contributed by atoms with Gasteiger partial charge in [0.1, 0.15) is 6.10 Å². The highest BCUT2D eigenvalue weighted by Crippen LogP contribution is 2.23. The van der Waals surface area contributed by atoms with E-state index in [0.717, 1.165) is 36.3 Å². The number of benzene rings is 1. The maximum atomic E-state index is 12.2. The van der Waals surface area contributed by atoms with Crippen molar-refractivity contribution in [1.82, 2.24) is 10.2 Å². The molecule has 6 heteroatoms. The molecule has 24 heavy (non-hydrogen) atoms. The van der Waals surface area contributed by atoms with E-state index in [1.165, 1.54) is 0 Å². The van der Waals surface area contributed by atoms with Crippen molar-refractivity contribution in [2.45, 2.75) is 38.9 Å². The number of hydrogen-bond acceptors (Lipinski definition) is 4. The summed E-state index contributed by atoms with van der Waals surface area (Å²) >= 11 is 0. The lowest BCUT2D eigenvalue weighted by molar-refractivity contribution is -0.128. The molecule has 1 aliphatic heterocycles. The first-order chi connectivity index (χ1) is 11.6. The second-order valence-electron chi connectivity index (χ2n) is 6.08. The minimum atomic E-state index is -0.548. The first kappa shape index (κ1) is 16.7. The van der Waals surface area contributed by atoms with E-state index in [1.54, 1.807) is 6.92 Å². The Kier molecular flexibility index (Phi) is 5.27. The highest BCUT2D eigenvalue weighted by Gasteiger charge is 2.20. The van der Waals surface area contributed by atoms with E-state index in [1.807, 2.05) is 37.3 Å². The summed E-state index contributed by atoms with van der Waals surface area (Å²) in [5, 5.41) is 9.89. The van der Waals surface area contributed by atoms with Crippen molar-refractivity contribution < 1.29 is 14.3 Å². The van der Waals surface area contributed by atoms with Gasteiger partial charge in [-0.15, -0.1) is 0 Å². The van der Waals surface area contributed by atoms with Gasteiger partial charge < -0.3 is 14.8 Å². The molecule has 0 saturated carbocycles. The quantitative estimate of drug-likeness (QED) is 0.854. The van der Waals surface area contributed by atoms with Crippen LogP contribution in [0.5, 0.6) is 0 Å². The van der Waals surface area contributed by atoms with Crippen molar-refractivity contribution in [3.05, 3.63) is 35.9 Å². The minimum absolute atomic E-state index is 0.110. The molecule has 2 heterocycles. The minimum Gasteiger partial charge on any atom is -0.376 e. The van der Waals surface area contributed by atoms with E-state index in [4.69, 9.17) is 9.47 Å². The van der Waals surface area contributed by atoms with E-state index in [9.17, 15) is 4.79 Å². The molecule has 0 radical (unpaired) electrons. The Labute approximate surface area is 141 Å². The van der Waals surface area contributed by atoms with Crippen LogP contribution in [0.4, 0.5) is 5.82 Å². The standard InChI is InChI=1S/C18H23N3O3/c1-12-6-3-4-8-15(12)16-10-17(21-20-16)19-18(22)13(2)24-11-14-7-5-9-23-14/h3-4,6,8,10,13-14H,5,7,9,11H2,1-2H3,(H2,19,20,21,22)/t13-,14-/m1/s1. The Hall–Kier alpha value is -2.18. The molecule has 1 aromatic heterocycles. The predicted molar refractivity (Wildman–Crippen MR) is 91.8 cm³/mol. The molecule has 0 spiro atoms. The molecule has 2 aromatic rings. The van der Waals surface area contributed by atoms with Crippen LogP contribution < -0.4 is 5.32 Å². The van der Waals surface area contributed by atoms with Gasteiger partial charge in [0, 0.05) is 18.2 Å². The number of H-pyrrole nitrogens is 1. The fourth-order valence-electron chi connectivity index (χ4n) is 2.73. The van der Waals surface area contributed by atoms with Crippen LogP contribution in [-0.2, 0) is 14.3 Å². The lowest BCUT2D eigenvalue weighted by atomic mass is 10.1. The number of nitrogens with zero attached hydrogens (tertiary/aromatic N) is 1. The number of carbonyl (C=O) groups excluding carboxylic acids is 1. The molecule has 0 unspecified atom stereocenters. The summed E-state index contributed by atoms with van der Waals surface area (Å²) in [6.45, 7) is 5.00. The first-order valence-electron chi connectivity index (χ1n) is 8.29. The summed E-state index contributed by atoms with van der Waals surface area (Å²) in [5.74, 6) is 0.279. The summed E-state index contributed by atoms with van der Waals surface area (Å²) in [6.07, 6.45) is 1.61. The van der Waals surface area contributed by atoms with Gasteiger partial charge in [0.05, 0.1) is 18.4 Å². The molecule has 6 nitrogen and oxygen atoms in total. The number of hydrogen-bond donors (Lipinski definition) is 2. The average Bonchev–Trinajstić information content (AvgIpc) is 3.24. The summed E-state index contributed by atoms with van der Waals surface area (Å²) in [5.41, 5.74) is 3.08. The van der Waals surface area contributed by atoms with Gasteiger partial charge in [0.2, 0.25) is 0 Å². The smallest absolute Gasteiger partial charge is 0.254 e. The summed E-state index contributed by atoms with van der Waals surface area (Å²) in [6, 6.07) is 9.84. The fourth-order valence-corrected chi connectivity index (χ4v) is 2.73. The van der Waals surface area contributed by atoms with E-state index < -0.39 is 6.10 Å². The van der Waals surface area contributed by atoms with Crippen LogP contribution in [0.2, 0.25) is 0 Å². The van der Waals surface area contributed by atoms with E-state index in [0.29, 0.717) is 12.4 Å². The molecule has 2 N–H and O–H groups in total. The third-order valence-electron chi connectivity index (χ3n) is 4.19. The van der Waals surface area contributed by atoms with Crippen molar-refractivity contribution in [3.8, 4) is 11.3 Å². The van der Waals surface area contributed by atoms with Gasteiger partial charge in [-0.3, -0.25) is 9.89 Å². The van der Waals surface area contributed by atoms with Crippen LogP contribution in [0.1, 0.15) is 25.3 Å². The molecule has 1 fully saturated rings. The number of rotatable bonds is 6. The Morgan fingerprint density at radius 1 is 1.50 bits per heavy atom. The zero-order valence-corrected chi connectivity index (χ0v) is 14.0. The molecule has 0 bridgehead atoms. The fraction of sp³-hybridized carbons (Fsp3) is 0.444. The predicted octanol–water partition coefficient (Wildman–Crippen LogP) is 2.91. The zero-order valence-electron chi connectivity index (χ0n) is 14.0. The van der Waals surface area contributed by atoms with Crippen LogP contribution in [0, 0.1) is 6.92 Å². The second kappa shape index (κ2) is 7.59. The van der Waals surface area contributed by atoms with Crippen molar-refractivity contribution in [3.63, 3.8) is 0 Å². The van der Waals surface area contributed by atoms with Gasteiger partial charge in [-0.2, -0.15) is 5.10 Å². The molecule has 0 aliphatic carbocycles. The van der Waals surface area contributed by atoms with E-state index in [2.05, 4.69) is 15.5 Å². The largest absolute Gasteiger partial charge is 0.376 e. The van der Waals surface area contributed by atoms with Gasteiger partial charge in [-0.25, -0.2) is 0 Å². The Morgan fingerprint density at radius 3 is 3.08 bits per heavy atom. The van der Waals surface area contributed by atoms with Crippen LogP contribution in [0.15, 0.2) is 30.3 Å². The lowest BCUT2D eigenvalue weighted by Crippen LogP contribution is -2.30. The first-order valence-corrected chi connectivity index (χ1v) is 8.29.